The zero-order chi connectivity index (χ0) is 14.4. The molecular formula is C13H16F3NO3. The van der Waals surface area contributed by atoms with Crippen LogP contribution in [-0.4, -0.2) is 39.1 Å². The molecule has 0 saturated carbocycles. The molecule has 0 radical (unpaired) electrons. The first kappa shape index (κ1) is 14.8. The summed E-state index contributed by atoms with van der Waals surface area (Å²) in [4.78, 5) is 0. The van der Waals surface area contributed by atoms with Gasteiger partial charge in [0.2, 0.25) is 0 Å². The number of ether oxygens (including phenoxy) is 3. The Labute approximate surface area is 114 Å². The summed E-state index contributed by atoms with van der Waals surface area (Å²) in [5.74, 6) is 1.32. The van der Waals surface area contributed by atoms with Crippen molar-refractivity contribution in [2.75, 3.05) is 38.3 Å². The summed E-state index contributed by atoms with van der Waals surface area (Å²) in [7, 11) is 0. The molecule has 0 aliphatic carbocycles. The lowest BCUT2D eigenvalue weighted by atomic mass is 10.2. The van der Waals surface area contributed by atoms with Gasteiger partial charge >= 0.3 is 6.18 Å². The van der Waals surface area contributed by atoms with Crippen molar-refractivity contribution in [3.05, 3.63) is 18.2 Å². The van der Waals surface area contributed by atoms with E-state index >= 15 is 0 Å². The van der Waals surface area contributed by atoms with Crippen molar-refractivity contribution in [3.8, 4) is 11.5 Å². The van der Waals surface area contributed by atoms with Crippen LogP contribution in [0.1, 0.15) is 6.42 Å². The fraction of sp³-hybridized carbons (Fsp3) is 0.538. The van der Waals surface area contributed by atoms with E-state index in [4.69, 9.17) is 9.47 Å². The lowest BCUT2D eigenvalue weighted by Crippen LogP contribution is -2.20. The summed E-state index contributed by atoms with van der Waals surface area (Å²) < 4.78 is 51.1. The van der Waals surface area contributed by atoms with Gasteiger partial charge < -0.3 is 19.5 Å². The van der Waals surface area contributed by atoms with Crippen LogP contribution in [0, 0.1) is 0 Å². The molecule has 1 N–H and O–H groups in total. The van der Waals surface area contributed by atoms with Gasteiger partial charge in [-0.2, -0.15) is 13.2 Å². The third-order valence-corrected chi connectivity index (χ3v) is 2.59. The molecule has 0 saturated heterocycles. The Morgan fingerprint density at radius 2 is 1.90 bits per heavy atom. The predicted octanol–water partition coefficient (Wildman–Crippen LogP) is 2.84. The second kappa shape index (κ2) is 6.69. The first-order valence-electron chi connectivity index (χ1n) is 6.33. The molecule has 0 unspecified atom stereocenters. The third kappa shape index (κ3) is 4.80. The van der Waals surface area contributed by atoms with Crippen LogP contribution in [0.2, 0.25) is 0 Å². The fourth-order valence-electron chi connectivity index (χ4n) is 1.73. The van der Waals surface area contributed by atoms with E-state index in [0.717, 1.165) is 12.1 Å². The van der Waals surface area contributed by atoms with Gasteiger partial charge in [0.05, 0.1) is 19.8 Å². The van der Waals surface area contributed by atoms with Crippen molar-refractivity contribution in [1.82, 2.24) is 0 Å². The normalized spacial score (nSPS) is 14.8. The number of nitrogens with one attached hydrogen (secondary N) is 1. The molecule has 0 amide bonds. The summed E-state index contributed by atoms with van der Waals surface area (Å²) in [5, 5.41) is 2.97. The van der Waals surface area contributed by atoms with Crippen molar-refractivity contribution in [1.29, 1.82) is 0 Å². The lowest BCUT2D eigenvalue weighted by molar-refractivity contribution is -0.172. The molecule has 1 aromatic carbocycles. The first-order chi connectivity index (χ1) is 9.54. The molecule has 112 valence electrons. The Hall–Kier alpha value is -1.63. The summed E-state index contributed by atoms with van der Waals surface area (Å²) in [6.07, 6.45) is -3.46. The van der Waals surface area contributed by atoms with Crippen LogP contribution in [0.4, 0.5) is 18.9 Å². The van der Waals surface area contributed by atoms with Crippen LogP contribution in [0.25, 0.3) is 0 Å². The fourth-order valence-corrected chi connectivity index (χ4v) is 1.73. The highest BCUT2D eigenvalue weighted by molar-refractivity contribution is 5.54. The highest BCUT2D eigenvalue weighted by Crippen LogP contribution is 2.32. The molecule has 1 aromatic rings. The number of hydrogen-bond donors (Lipinski definition) is 1. The molecule has 1 heterocycles. The second-order valence-corrected chi connectivity index (χ2v) is 4.31. The molecule has 4 nitrogen and oxygen atoms in total. The molecule has 2 rings (SSSR count). The molecule has 0 fully saturated rings. The zero-order valence-corrected chi connectivity index (χ0v) is 10.8. The monoisotopic (exact) mass is 291 g/mol. The maximum atomic E-state index is 11.9. The number of hydrogen-bond acceptors (Lipinski definition) is 4. The smallest absolute Gasteiger partial charge is 0.411 e. The lowest BCUT2D eigenvalue weighted by Gasteiger charge is -2.12. The molecule has 20 heavy (non-hydrogen) atoms. The van der Waals surface area contributed by atoms with Gasteiger partial charge in [-0.15, -0.1) is 0 Å². The molecule has 0 bridgehead atoms. The van der Waals surface area contributed by atoms with Gasteiger partial charge in [0.15, 0.2) is 11.5 Å². The van der Waals surface area contributed by atoms with Gasteiger partial charge in [-0.3, -0.25) is 0 Å². The molecule has 1 aliphatic heterocycles. The molecule has 0 atom stereocenters. The van der Waals surface area contributed by atoms with Crippen molar-refractivity contribution >= 4 is 5.69 Å². The van der Waals surface area contributed by atoms with Crippen LogP contribution in [0.15, 0.2) is 18.2 Å². The minimum Gasteiger partial charge on any atom is -0.490 e. The molecule has 0 aromatic heterocycles. The van der Waals surface area contributed by atoms with Gasteiger partial charge in [0, 0.05) is 24.7 Å². The van der Waals surface area contributed by atoms with Gasteiger partial charge in [-0.25, -0.2) is 0 Å². The Morgan fingerprint density at radius 1 is 1.15 bits per heavy atom. The summed E-state index contributed by atoms with van der Waals surface area (Å²) >= 11 is 0. The van der Waals surface area contributed by atoms with Crippen molar-refractivity contribution < 1.29 is 27.4 Å². The molecule has 0 spiro atoms. The quantitative estimate of drug-likeness (QED) is 0.847. The number of fused-ring (bicyclic) bond motifs is 1. The van der Waals surface area contributed by atoms with E-state index in [1.165, 1.54) is 0 Å². The van der Waals surface area contributed by atoms with Crippen molar-refractivity contribution in [2.45, 2.75) is 12.6 Å². The third-order valence-electron chi connectivity index (χ3n) is 2.59. The van der Waals surface area contributed by atoms with Crippen LogP contribution in [-0.2, 0) is 4.74 Å². The number of halogens is 3. The van der Waals surface area contributed by atoms with E-state index < -0.39 is 12.8 Å². The van der Waals surface area contributed by atoms with Gasteiger partial charge in [-0.05, 0) is 12.1 Å². The standard InChI is InChI=1S/C13H16F3NO3/c14-13(15,16)9-18-7-4-17-10-2-3-11-12(8-10)20-6-1-5-19-11/h2-3,8,17H,1,4-7,9H2. The Morgan fingerprint density at radius 3 is 2.65 bits per heavy atom. The summed E-state index contributed by atoms with van der Waals surface area (Å²) in [6, 6.07) is 5.33. The molecular weight excluding hydrogens is 275 g/mol. The van der Waals surface area contributed by atoms with Crippen LogP contribution < -0.4 is 14.8 Å². The van der Waals surface area contributed by atoms with E-state index in [9.17, 15) is 13.2 Å². The van der Waals surface area contributed by atoms with Gasteiger partial charge in [0.25, 0.3) is 0 Å². The zero-order valence-electron chi connectivity index (χ0n) is 10.8. The molecule has 7 heteroatoms. The van der Waals surface area contributed by atoms with E-state index in [-0.39, 0.29) is 13.2 Å². The number of alkyl halides is 3. The van der Waals surface area contributed by atoms with E-state index in [1.54, 1.807) is 18.2 Å². The number of benzene rings is 1. The minimum absolute atomic E-state index is 0.0199. The SMILES string of the molecule is FC(F)(F)COCCNc1ccc2c(c1)OCCCO2. The highest BCUT2D eigenvalue weighted by Gasteiger charge is 2.27. The Bertz CT molecular complexity index is 437. The van der Waals surface area contributed by atoms with Crippen molar-refractivity contribution in [3.63, 3.8) is 0 Å². The summed E-state index contributed by atoms with van der Waals surface area (Å²) in [5.41, 5.74) is 0.754. The van der Waals surface area contributed by atoms with Crippen LogP contribution >= 0.6 is 0 Å². The van der Waals surface area contributed by atoms with E-state index in [0.29, 0.717) is 24.7 Å². The average molecular weight is 291 g/mol. The first-order valence-corrected chi connectivity index (χ1v) is 6.33. The van der Waals surface area contributed by atoms with E-state index in [1.807, 2.05) is 0 Å². The maximum absolute atomic E-state index is 11.9. The summed E-state index contributed by atoms with van der Waals surface area (Å²) in [6.45, 7) is 0.246. The largest absolute Gasteiger partial charge is 0.490 e. The maximum Gasteiger partial charge on any atom is 0.411 e. The topological polar surface area (TPSA) is 39.7 Å². The predicted molar refractivity (Wildman–Crippen MR) is 67.4 cm³/mol. The minimum atomic E-state index is -4.28. The second-order valence-electron chi connectivity index (χ2n) is 4.31. The van der Waals surface area contributed by atoms with Crippen molar-refractivity contribution in [2.24, 2.45) is 0 Å². The number of anilines is 1. The Kier molecular flexibility index (Phi) is 4.94. The van der Waals surface area contributed by atoms with Crippen LogP contribution in [0.5, 0.6) is 11.5 Å². The van der Waals surface area contributed by atoms with E-state index in [2.05, 4.69) is 10.1 Å². The van der Waals surface area contributed by atoms with Gasteiger partial charge in [0.1, 0.15) is 6.61 Å². The van der Waals surface area contributed by atoms with Crippen LogP contribution in [0.3, 0.4) is 0 Å². The van der Waals surface area contributed by atoms with Gasteiger partial charge in [-0.1, -0.05) is 0 Å². The molecule has 1 aliphatic rings. The number of rotatable bonds is 5. The average Bonchev–Trinajstić information content (AvgIpc) is 2.61. The highest BCUT2D eigenvalue weighted by atomic mass is 19.4. The Balaban J connectivity index is 1.77.